The van der Waals surface area contributed by atoms with E-state index in [4.69, 9.17) is 14.2 Å². The Hall–Kier alpha value is -1.59. The van der Waals surface area contributed by atoms with E-state index in [1.165, 1.54) is 154 Å². The second kappa shape index (κ2) is 41.6. The third kappa shape index (κ3) is 41.4. The fourth-order valence-corrected chi connectivity index (χ4v) is 6.98. The molecule has 0 aromatic rings. The van der Waals surface area contributed by atoms with Crippen LogP contribution in [0.4, 0.5) is 0 Å². The highest BCUT2D eigenvalue weighted by molar-refractivity contribution is 5.71. The molecule has 0 aliphatic heterocycles. The van der Waals surface area contributed by atoms with Crippen molar-refractivity contribution in [2.45, 2.75) is 265 Å². The van der Waals surface area contributed by atoms with Crippen LogP contribution in [0.3, 0.4) is 0 Å². The van der Waals surface area contributed by atoms with Crippen LogP contribution in [0.25, 0.3) is 0 Å². The van der Waals surface area contributed by atoms with Crippen LogP contribution < -0.4 is 0 Å². The lowest BCUT2D eigenvalue weighted by molar-refractivity contribution is -0.167. The summed E-state index contributed by atoms with van der Waals surface area (Å²) in [5.41, 5.74) is 0. The van der Waals surface area contributed by atoms with Gasteiger partial charge in [-0.2, -0.15) is 0 Å². The number of carbonyl (C=O) groups is 3. The number of hydrogen-bond acceptors (Lipinski definition) is 6. The molecule has 0 amide bonds. The van der Waals surface area contributed by atoms with E-state index in [1.807, 2.05) is 0 Å². The van der Waals surface area contributed by atoms with Crippen molar-refractivity contribution < 1.29 is 28.6 Å². The van der Waals surface area contributed by atoms with E-state index < -0.39 is 6.10 Å². The summed E-state index contributed by atoms with van der Waals surface area (Å²) in [6, 6.07) is 0. The van der Waals surface area contributed by atoms with Gasteiger partial charge in [0.1, 0.15) is 13.2 Å². The Morgan fingerprint density at radius 1 is 0.358 bits per heavy atom. The molecule has 314 valence electrons. The predicted octanol–water partition coefficient (Wildman–Crippen LogP) is 14.7. The molecule has 0 spiro atoms. The maximum atomic E-state index is 12.6. The second-order valence-electron chi connectivity index (χ2n) is 16.5. The largest absolute Gasteiger partial charge is 0.462 e. The summed E-state index contributed by atoms with van der Waals surface area (Å²) < 4.78 is 16.7. The maximum Gasteiger partial charge on any atom is 0.306 e. The fourth-order valence-electron chi connectivity index (χ4n) is 6.98. The fraction of sp³-hybridized carbons (Fsp3) is 0.936. The van der Waals surface area contributed by atoms with Gasteiger partial charge < -0.3 is 14.2 Å². The Kier molecular flexibility index (Phi) is 40.3. The van der Waals surface area contributed by atoms with E-state index in [-0.39, 0.29) is 31.1 Å². The molecule has 0 radical (unpaired) electrons. The molecular formula is C47H90O6. The minimum Gasteiger partial charge on any atom is -0.462 e. The molecule has 0 saturated heterocycles. The van der Waals surface area contributed by atoms with Crippen LogP contribution in [-0.2, 0) is 28.6 Å². The lowest BCUT2D eigenvalue weighted by Crippen LogP contribution is -2.30. The zero-order valence-electron chi connectivity index (χ0n) is 36.0. The molecule has 0 aromatic carbocycles. The Morgan fingerprint density at radius 3 is 0.925 bits per heavy atom. The maximum absolute atomic E-state index is 12.6. The van der Waals surface area contributed by atoms with Gasteiger partial charge in [0.2, 0.25) is 0 Å². The van der Waals surface area contributed by atoms with Gasteiger partial charge in [0, 0.05) is 19.3 Å². The summed E-state index contributed by atoms with van der Waals surface area (Å²) in [5, 5.41) is 0. The summed E-state index contributed by atoms with van der Waals surface area (Å²) in [4.78, 5) is 37.6. The molecule has 0 heterocycles. The highest BCUT2D eigenvalue weighted by atomic mass is 16.6. The first-order chi connectivity index (χ1) is 25.9. The van der Waals surface area contributed by atoms with Gasteiger partial charge in [-0.15, -0.1) is 0 Å². The number of unbranched alkanes of at least 4 members (excludes halogenated alkanes) is 29. The van der Waals surface area contributed by atoms with Crippen LogP contribution >= 0.6 is 0 Å². The average Bonchev–Trinajstić information content (AvgIpc) is 3.14. The van der Waals surface area contributed by atoms with E-state index in [1.54, 1.807) is 0 Å². The van der Waals surface area contributed by atoms with Gasteiger partial charge in [-0.3, -0.25) is 14.4 Å². The van der Waals surface area contributed by atoms with Gasteiger partial charge in [0.25, 0.3) is 0 Å². The normalized spacial score (nSPS) is 11.9. The average molecular weight is 751 g/mol. The van der Waals surface area contributed by atoms with Crippen LogP contribution in [-0.4, -0.2) is 37.2 Å². The third-order valence-electron chi connectivity index (χ3n) is 10.5. The monoisotopic (exact) mass is 751 g/mol. The quantitative estimate of drug-likeness (QED) is 0.0351. The van der Waals surface area contributed by atoms with Crippen molar-refractivity contribution >= 4 is 17.9 Å². The van der Waals surface area contributed by atoms with Gasteiger partial charge in [-0.05, 0) is 25.2 Å². The van der Waals surface area contributed by atoms with Crippen LogP contribution in [0.15, 0.2) is 0 Å². The van der Waals surface area contributed by atoms with Crippen LogP contribution in [0, 0.1) is 5.92 Å². The first-order valence-corrected chi connectivity index (χ1v) is 23.4. The van der Waals surface area contributed by atoms with Crippen molar-refractivity contribution in [1.29, 1.82) is 0 Å². The number of esters is 3. The highest BCUT2D eigenvalue weighted by Gasteiger charge is 2.19. The van der Waals surface area contributed by atoms with Gasteiger partial charge in [0.15, 0.2) is 6.10 Å². The molecule has 0 unspecified atom stereocenters. The van der Waals surface area contributed by atoms with Crippen LogP contribution in [0.2, 0.25) is 0 Å². The topological polar surface area (TPSA) is 78.9 Å². The highest BCUT2D eigenvalue weighted by Crippen LogP contribution is 2.16. The third-order valence-corrected chi connectivity index (χ3v) is 10.5. The molecule has 0 aliphatic rings. The molecule has 6 nitrogen and oxygen atoms in total. The summed E-state index contributed by atoms with van der Waals surface area (Å²) in [6.45, 7) is 8.93. The molecule has 0 aromatic heterocycles. The van der Waals surface area contributed by atoms with Crippen LogP contribution in [0.1, 0.15) is 259 Å². The van der Waals surface area contributed by atoms with Crippen molar-refractivity contribution in [2.75, 3.05) is 13.2 Å². The van der Waals surface area contributed by atoms with Gasteiger partial charge in [-0.1, -0.05) is 220 Å². The molecule has 6 heteroatoms. The van der Waals surface area contributed by atoms with Crippen molar-refractivity contribution in [2.24, 2.45) is 5.92 Å². The molecule has 0 rings (SSSR count). The Morgan fingerprint density at radius 2 is 0.623 bits per heavy atom. The van der Waals surface area contributed by atoms with E-state index in [0.29, 0.717) is 19.3 Å². The molecule has 0 saturated carbocycles. The van der Waals surface area contributed by atoms with E-state index >= 15 is 0 Å². The van der Waals surface area contributed by atoms with Gasteiger partial charge in [-0.25, -0.2) is 0 Å². The van der Waals surface area contributed by atoms with Crippen molar-refractivity contribution in [3.05, 3.63) is 0 Å². The summed E-state index contributed by atoms with van der Waals surface area (Å²) in [7, 11) is 0. The van der Waals surface area contributed by atoms with Crippen LogP contribution in [0.5, 0.6) is 0 Å². The first-order valence-electron chi connectivity index (χ1n) is 23.4. The molecule has 1 atom stereocenters. The molecule has 0 aliphatic carbocycles. The molecule has 53 heavy (non-hydrogen) atoms. The zero-order chi connectivity index (χ0) is 38.9. The number of carbonyl (C=O) groups excluding carboxylic acids is 3. The summed E-state index contributed by atoms with van der Waals surface area (Å²) in [5.74, 6) is -0.0645. The predicted molar refractivity (Wildman–Crippen MR) is 224 cm³/mol. The summed E-state index contributed by atoms with van der Waals surface area (Å²) in [6.07, 6.45) is 41.1. The lowest BCUT2D eigenvalue weighted by atomic mass is 10.0. The number of hydrogen-bond donors (Lipinski definition) is 0. The minimum absolute atomic E-state index is 0.0645. The zero-order valence-corrected chi connectivity index (χ0v) is 36.0. The minimum atomic E-state index is -0.758. The first kappa shape index (κ1) is 51.4. The van der Waals surface area contributed by atoms with Gasteiger partial charge >= 0.3 is 17.9 Å². The van der Waals surface area contributed by atoms with Crippen molar-refractivity contribution in [1.82, 2.24) is 0 Å². The molecule has 0 fully saturated rings. The smallest absolute Gasteiger partial charge is 0.306 e. The molecule has 0 N–H and O–H groups in total. The standard InChI is InChI=1S/C47H90O6/c1-5-7-9-11-13-14-15-16-17-18-19-20-21-22-27-30-34-38-45(48)51-41-44(53-47(50)40-36-32-25-12-10-8-6-2)42-52-46(49)39-35-31-28-24-23-26-29-33-37-43(3)4/h43-44H,5-42H2,1-4H3/t44-/m0/s1. The second-order valence-corrected chi connectivity index (χ2v) is 16.5. The molecule has 0 bridgehead atoms. The number of rotatable bonds is 42. The van der Waals surface area contributed by atoms with E-state index in [0.717, 1.165) is 63.7 Å². The van der Waals surface area contributed by atoms with Crippen molar-refractivity contribution in [3.8, 4) is 0 Å². The Bertz CT molecular complexity index is 796. The number of ether oxygens (including phenoxy) is 3. The van der Waals surface area contributed by atoms with E-state index in [2.05, 4.69) is 27.7 Å². The van der Waals surface area contributed by atoms with Crippen molar-refractivity contribution in [3.63, 3.8) is 0 Å². The molecular weight excluding hydrogens is 661 g/mol. The lowest BCUT2D eigenvalue weighted by Gasteiger charge is -2.18. The van der Waals surface area contributed by atoms with Gasteiger partial charge in [0.05, 0.1) is 0 Å². The summed E-state index contributed by atoms with van der Waals surface area (Å²) >= 11 is 0. The Labute approximate surface area is 329 Å². The SMILES string of the molecule is CCCCCCCCCCCCCCCCCCCC(=O)OC[C@@H](COC(=O)CCCCCCCCCCC(C)C)OC(=O)CCCCCCCCC. The Balaban J connectivity index is 4.18. The van der Waals surface area contributed by atoms with E-state index in [9.17, 15) is 14.4 Å².